The zero-order valence-corrected chi connectivity index (χ0v) is 27.5. The molecule has 49 heavy (non-hydrogen) atoms. The van der Waals surface area contributed by atoms with Gasteiger partial charge in [0, 0.05) is 31.4 Å². The number of nitrogen functional groups attached to an aromatic ring is 1. The van der Waals surface area contributed by atoms with E-state index in [1.807, 2.05) is 85.2 Å². The van der Waals surface area contributed by atoms with E-state index < -0.39 is 6.29 Å². The summed E-state index contributed by atoms with van der Waals surface area (Å²) in [7, 11) is 0. The smallest absolute Gasteiger partial charge is 0.224 e. The number of ether oxygens (including phenoxy) is 2. The molecule has 5 N–H and O–H groups in total. The number of hydrogen-bond acceptors (Lipinski definition) is 7. The lowest BCUT2D eigenvalue weighted by Crippen LogP contribution is -2.32. The summed E-state index contributed by atoms with van der Waals surface area (Å²) in [6.07, 6.45) is 4.61. The normalized spacial score (nSPS) is 17.5. The second kappa shape index (κ2) is 16.4. The van der Waals surface area contributed by atoms with Gasteiger partial charge in [-0.3, -0.25) is 9.59 Å². The minimum atomic E-state index is -0.577. The molecule has 1 fully saturated rings. The van der Waals surface area contributed by atoms with Crippen molar-refractivity contribution in [3.05, 3.63) is 126 Å². The van der Waals surface area contributed by atoms with E-state index in [9.17, 15) is 14.7 Å². The fourth-order valence-corrected chi connectivity index (χ4v) is 6.06. The molecule has 1 saturated heterocycles. The van der Waals surface area contributed by atoms with Gasteiger partial charge in [0.25, 0.3) is 0 Å². The SMILES string of the molecule is Nc1ccccc1NC(=O)CCCCCC(=O)NCc1ccc([C@@H]2O[C@H](Cn3cnc4ccccc43)C[C@H](c3ccc(CO)cc3)O2)cc1. The Morgan fingerprint density at radius 3 is 2.29 bits per heavy atom. The Bertz CT molecular complexity index is 1840. The number of amides is 2. The zero-order valence-electron chi connectivity index (χ0n) is 27.5. The van der Waals surface area contributed by atoms with Gasteiger partial charge in [-0.25, -0.2) is 4.98 Å². The van der Waals surface area contributed by atoms with E-state index in [0.29, 0.717) is 56.6 Å². The van der Waals surface area contributed by atoms with Crippen LogP contribution in [0.15, 0.2) is 103 Å². The molecule has 4 aromatic carbocycles. The fraction of sp³-hybridized carbons (Fsp3) is 0.308. The maximum Gasteiger partial charge on any atom is 0.224 e. The van der Waals surface area contributed by atoms with Crippen LogP contribution in [0.25, 0.3) is 11.0 Å². The first-order chi connectivity index (χ1) is 23.9. The van der Waals surface area contributed by atoms with Crippen molar-refractivity contribution >= 4 is 34.2 Å². The van der Waals surface area contributed by atoms with Gasteiger partial charge in [0.1, 0.15) is 0 Å². The lowest BCUT2D eigenvalue weighted by Gasteiger charge is -2.36. The number of carbonyl (C=O) groups excluding carboxylic acids is 2. The second-order valence-electron chi connectivity index (χ2n) is 12.5. The van der Waals surface area contributed by atoms with Crippen molar-refractivity contribution in [2.24, 2.45) is 0 Å². The number of aromatic nitrogens is 2. The van der Waals surface area contributed by atoms with E-state index in [0.717, 1.165) is 39.7 Å². The predicted molar refractivity (Wildman–Crippen MR) is 189 cm³/mol. The first kappa shape index (κ1) is 33.9. The van der Waals surface area contributed by atoms with Crippen LogP contribution >= 0.6 is 0 Å². The number of imidazole rings is 1. The van der Waals surface area contributed by atoms with Gasteiger partial charge in [0.05, 0.1) is 54.1 Å². The number of fused-ring (bicyclic) bond motifs is 1. The van der Waals surface area contributed by atoms with E-state index in [2.05, 4.69) is 26.3 Å². The highest BCUT2D eigenvalue weighted by atomic mass is 16.7. The van der Waals surface area contributed by atoms with E-state index in [4.69, 9.17) is 15.2 Å². The van der Waals surface area contributed by atoms with Crippen molar-refractivity contribution in [3.63, 3.8) is 0 Å². The van der Waals surface area contributed by atoms with Crippen LogP contribution in [0, 0.1) is 0 Å². The third-order valence-corrected chi connectivity index (χ3v) is 8.83. The molecule has 0 radical (unpaired) electrons. The molecule has 1 aliphatic rings. The van der Waals surface area contributed by atoms with Crippen LogP contribution < -0.4 is 16.4 Å². The quantitative estimate of drug-likeness (QED) is 0.0780. The van der Waals surface area contributed by atoms with Gasteiger partial charge in [-0.15, -0.1) is 0 Å². The summed E-state index contributed by atoms with van der Waals surface area (Å²) in [4.78, 5) is 29.2. The van der Waals surface area contributed by atoms with Crippen molar-refractivity contribution in [1.29, 1.82) is 0 Å². The average molecular weight is 662 g/mol. The average Bonchev–Trinajstić information content (AvgIpc) is 3.54. The van der Waals surface area contributed by atoms with Gasteiger partial charge in [-0.1, -0.05) is 79.2 Å². The van der Waals surface area contributed by atoms with E-state index in [-0.39, 0.29) is 30.6 Å². The maximum absolute atomic E-state index is 12.5. The highest BCUT2D eigenvalue weighted by molar-refractivity contribution is 5.93. The number of aliphatic hydroxyl groups excluding tert-OH is 1. The molecule has 5 aromatic rings. The van der Waals surface area contributed by atoms with Crippen molar-refractivity contribution in [3.8, 4) is 0 Å². The molecular formula is C39H43N5O5. The first-order valence-corrected chi connectivity index (χ1v) is 16.9. The lowest BCUT2D eigenvalue weighted by atomic mass is 9.99. The number of rotatable bonds is 14. The number of para-hydroxylation sites is 4. The summed E-state index contributed by atoms with van der Waals surface area (Å²) in [6.45, 7) is 1.04. The van der Waals surface area contributed by atoms with E-state index in [1.165, 1.54) is 0 Å². The van der Waals surface area contributed by atoms with Crippen LogP contribution in [-0.2, 0) is 38.8 Å². The van der Waals surface area contributed by atoms with Gasteiger partial charge < -0.3 is 35.5 Å². The number of anilines is 2. The summed E-state index contributed by atoms with van der Waals surface area (Å²) in [5, 5.41) is 15.3. The topological polar surface area (TPSA) is 141 Å². The van der Waals surface area contributed by atoms with Gasteiger partial charge in [0.15, 0.2) is 6.29 Å². The summed E-state index contributed by atoms with van der Waals surface area (Å²) in [5.74, 6) is -0.0983. The first-order valence-electron chi connectivity index (χ1n) is 16.9. The molecule has 0 aliphatic carbocycles. The molecule has 0 spiro atoms. The van der Waals surface area contributed by atoms with Gasteiger partial charge in [-0.2, -0.15) is 0 Å². The molecule has 6 rings (SSSR count). The van der Waals surface area contributed by atoms with Crippen LogP contribution in [0.5, 0.6) is 0 Å². The lowest BCUT2D eigenvalue weighted by molar-refractivity contribution is -0.252. The molecule has 3 atom stereocenters. The van der Waals surface area contributed by atoms with Crippen LogP contribution in [0.1, 0.15) is 73.2 Å². The van der Waals surface area contributed by atoms with Crippen LogP contribution in [0.4, 0.5) is 11.4 Å². The molecule has 10 nitrogen and oxygen atoms in total. The Balaban J connectivity index is 0.997. The number of hydrogen-bond donors (Lipinski definition) is 4. The molecule has 10 heteroatoms. The molecule has 1 aromatic heterocycles. The van der Waals surface area contributed by atoms with Crippen LogP contribution in [0.2, 0.25) is 0 Å². The standard InChI is InChI=1S/C39H43N5O5/c40-32-8-4-5-9-33(32)43-38(47)13-3-1-2-12-37(46)41-23-27-14-20-30(21-15-27)39-48-31(24-44-26-42-34-10-6-7-11-35(34)44)22-36(49-39)29-18-16-28(25-45)17-19-29/h4-11,14-21,26,31,36,39,45H,1-3,12-13,22-25,40H2,(H,41,46)(H,43,47)/t31-,36+,39+/m0/s1. The number of carbonyl (C=O) groups is 2. The van der Waals surface area contributed by atoms with Gasteiger partial charge in [0.2, 0.25) is 11.8 Å². The third kappa shape index (κ3) is 9.11. The second-order valence-corrected chi connectivity index (χ2v) is 12.5. The van der Waals surface area contributed by atoms with Gasteiger partial charge in [-0.05, 0) is 53.8 Å². The van der Waals surface area contributed by atoms with E-state index >= 15 is 0 Å². The highest BCUT2D eigenvalue weighted by Gasteiger charge is 2.32. The largest absolute Gasteiger partial charge is 0.397 e. The molecule has 2 heterocycles. The highest BCUT2D eigenvalue weighted by Crippen LogP contribution is 2.38. The Morgan fingerprint density at radius 1 is 0.816 bits per heavy atom. The van der Waals surface area contributed by atoms with Crippen molar-refractivity contribution < 1.29 is 24.2 Å². The Morgan fingerprint density at radius 2 is 1.51 bits per heavy atom. The minimum Gasteiger partial charge on any atom is -0.397 e. The number of nitrogens with one attached hydrogen (secondary N) is 2. The number of nitrogens with two attached hydrogens (primary N) is 1. The number of benzene rings is 4. The number of nitrogens with zero attached hydrogens (tertiary/aromatic N) is 2. The maximum atomic E-state index is 12.5. The summed E-state index contributed by atoms with van der Waals surface area (Å²) >= 11 is 0. The van der Waals surface area contributed by atoms with Crippen LogP contribution in [0.3, 0.4) is 0 Å². The summed E-state index contributed by atoms with van der Waals surface area (Å²) in [6, 6.07) is 31.0. The summed E-state index contributed by atoms with van der Waals surface area (Å²) < 4.78 is 15.2. The van der Waals surface area contributed by atoms with Crippen LogP contribution in [-0.4, -0.2) is 32.6 Å². The Labute approximate surface area is 286 Å². The molecule has 0 unspecified atom stereocenters. The zero-order chi connectivity index (χ0) is 34.0. The molecule has 0 saturated carbocycles. The molecular weight excluding hydrogens is 618 g/mol. The Kier molecular flexibility index (Phi) is 11.3. The van der Waals surface area contributed by atoms with Crippen molar-refractivity contribution in [2.45, 2.75) is 76.7 Å². The monoisotopic (exact) mass is 661 g/mol. The molecule has 0 bridgehead atoms. The van der Waals surface area contributed by atoms with Crippen molar-refractivity contribution in [1.82, 2.24) is 14.9 Å². The molecule has 2 amide bonds. The van der Waals surface area contributed by atoms with Crippen molar-refractivity contribution in [2.75, 3.05) is 11.1 Å². The van der Waals surface area contributed by atoms with E-state index in [1.54, 1.807) is 12.1 Å². The Hall–Kier alpha value is -5.03. The third-order valence-electron chi connectivity index (χ3n) is 8.83. The fourth-order valence-electron chi connectivity index (χ4n) is 6.06. The number of unbranched alkanes of at least 4 members (excludes halogenated alkanes) is 2. The number of aliphatic hydroxyl groups is 1. The summed E-state index contributed by atoms with van der Waals surface area (Å²) in [5.41, 5.74) is 12.8. The molecule has 254 valence electrons. The molecule has 1 aliphatic heterocycles. The predicted octanol–water partition coefficient (Wildman–Crippen LogP) is 6.56. The minimum absolute atomic E-state index is 0.00706. The van der Waals surface area contributed by atoms with Gasteiger partial charge >= 0.3 is 0 Å².